The fraction of sp³-hybridized carbons (Fsp3) is 0.500. The third kappa shape index (κ3) is 10.6. The monoisotopic (exact) mass is 386 g/mol. The standard InChI is InChI=1S/C20H25F3O4/c21-20(22,23)14-6-5-8-16(24)11-12-17-15(10-13-18(17)25)7-3-1-2-4-9-19(26)27/h1,3,5-6,10,12-13,15-16,24H,2,4,7-9,11,14H2,(H,26,27). The summed E-state index contributed by atoms with van der Waals surface area (Å²) in [5.74, 6) is -1.05. The van der Waals surface area contributed by atoms with Gasteiger partial charge in [0.15, 0.2) is 5.78 Å². The Hall–Kier alpha value is -2.15. The Balaban J connectivity index is 2.42. The molecule has 0 radical (unpaired) electrons. The molecule has 1 aliphatic rings. The number of ketones is 1. The Labute approximate surface area is 156 Å². The molecule has 0 amide bonds. The summed E-state index contributed by atoms with van der Waals surface area (Å²) in [7, 11) is 0. The van der Waals surface area contributed by atoms with Gasteiger partial charge in [-0.25, -0.2) is 0 Å². The molecular formula is C20H25F3O4. The summed E-state index contributed by atoms with van der Waals surface area (Å²) in [6, 6.07) is 0. The van der Waals surface area contributed by atoms with Crippen LogP contribution in [0.15, 0.2) is 48.1 Å². The van der Waals surface area contributed by atoms with Crippen molar-refractivity contribution in [2.45, 2.75) is 57.2 Å². The first kappa shape index (κ1) is 22.9. The van der Waals surface area contributed by atoms with E-state index in [-0.39, 0.29) is 31.0 Å². The van der Waals surface area contributed by atoms with E-state index in [1.807, 2.05) is 12.2 Å². The van der Waals surface area contributed by atoms with Gasteiger partial charge in [0.1, 0.15) is 0 Å². The number of carboxylic acid groups (broad SMARTS) is 1. The molecule has 150 valence electrons. The van der Waals surface area contributed by atoms with E-state index in [0.29, 0.717) is 24.8 Å². The summed E-state index contributed by atoms with van der Waals surface area (Å²) in [4.78, 5) is 22.3. The zero-order chi connectivity index (χ0) is 20.3. The molecule has 1 aliphatic carbocycles. The topological polar surface area (TPSA) is 74.6 Å². The molecule has 2 N–H and O–H groups in total. The summed E-state index contributed by atoms with van der Waals surface area (Å²) in [6.45, 7) is 0. The van der Waals surface area contributed by atoms with Crippen LogP contribution in [-0.4, -0.2) is 34.2 Å². The molecule has 0 aromatic heterocycles. The minimum atomic E-state index is -4.25. The summed E-state index contributed by atoms with van der Waals surface area (Å²) in [5, 5.41) is 18.4. The molecule has 0 saturated heterocycles. The number of aliphatic hydroxyl groups excluding tert-OH is 1. The molecule has 0 aromatic rings. The zero-order valence-corrected chi connectivity index (χ0v) is 15.0. The van der Waals surface area contributed by atoms with Crippen molar-refractivity contribution in [3.8, 4) is 0 Å². The van der Waals surface area contributed by atoms with Crippen LogP contribution in [-0.2, 0) is 9.59 Å². The number of aliphatic hydroxyl groups is 1. The number of allylic oxidation sites excluding steroid dienone is 6. The lowest BCUT2D eigenvalue weighted by Gasteiger charge is -2.10. The Morgan fingerprint density at radius 1 is 1.19 bits per heavy atom. The molecule has 0 aliphatic heterocycles. The zero-order valence-electron chi connectivity index (χ0n) is 15.0. The Kier molecular flexibility index (Phi) is 9.78. The van der Waals surface area contributed by atoms with Crippen LogP contribution >= 0.6 is 0 Å². The highest BCUT2D eigenvalue weighted by molar-refractivity contribution is 6.07. The van der Waals surface area contributed by atoms with Gasteiger partial charge in [-0.1, -0.05) is 36.5 Å². The first-order chi connectivity index (χ1) is 12.7. The van der Waals surface area contributed by atoms with Crippen LogP contribution in [0.1, 0.15) is 44.9 Å². The highest BCUT2D eigenvalue weighted by Crippen LogP contribution is 2.26. The molecule has 0 fully saturated rings. The minimum absolute atomic E-state index is 0.0929. The number of halogens is 3. The van der Waals surface area contributed by atoms with Gasteiger partial charge in [-0.2, -0.15) is 13.2 Å². The lowest BCUT2D eigenvalue weighted by atomic mass is 9.96. The molecule has 0 saturated carbocycles. The van der Waals surface area contributed by atoms with E-state index in [4.69, 9.17) is 5.11 Å². The second-order valence-corrected chi connectivity index (χ2v) is 6.40. The average Bonchev–Trinajstić information content (AvgIpc) is 2.92. The highest BCUT2D eigenvalue weighted by Gasteiger charge is 2.24. The van der Waals surface area contributed by atoms with Crippen LogP contribution in [0.5, 0.6) is 0 Å². The molecular weight excluding hydrogens is 361 g/mol. The number of alkyl halides is 3. The molecule has 0 bridgehead atoms. The number of carbonyl (C=O) groups excluding carboxylic acids is 1. The van der Waals surface area contributed by atoms with Gasteiger partial charge in [0.05, 0.1) is 12.5 Å². The van der Waals surface area contributed by atoms with Crippen molar-refractivity contribution in [1.82, 2.24) is 0 Å². The SMILES string of the molecule is O=C(O)CCCC=CCC1C=CC(=O)C1=CCC(O)CC=CCC(F)(F)F. The molecule has 2 unspecified atom stereocenters. The van der Waals surface area contributed by atoms with E-state index in [1.54, 1.807) is 12.2 Å². The van der Waals surface area contributed by atoms with Gasteiger partial charge in [-0.15, -0.1) is 0 Å². The number of unbranched alkanes of at least 4 members (excludes halogenated alkanes) is 1. The van der Waals surface area contributed by atoms with E-state index in [9.17, 15) is 27.9 Å². The van der Waals surface area contributed by atoms with Gasteiger partial charge in [0.2, 0.25) is 0 Å². The smallest absolute Gasteiger partial charge is 0.392 e. The van der Waals surface area contributed by atoms with E-state index < -0.39 is 24.7 Å². The minimum Gasteiger partial charge on any atom is -0.481 e. The number of aliphatic carboxylic acids is 1. The second kappa shape index (κ2) is 11.5. The van der Waals surface area contributed by atoms with Gasteiger partial charge in [-0.05, 0) is 38.2 Å². The van der Waals surface area contributed by atoms with Crippen LogP contribution < -0.4 is 0 Å². The van der Waals surface area contributed by atoms with Gasteiger partial charge in [-0.3, -0.25) is 9.59 Å². The maximum absolute atomic E-state index is 12.0. The molecule has 0 aromatic carbocycles. The van der Waals surface area contributed by atoms with E-state index in [1.165, 1.54) is 12.2 Å². The van der Waals surface area contributed by atoms with Gasteiger partial charge >= 0.3 is 12.1 Å². The second-order valence-electron chi connectivity index (χ2n) is 6.40. The average molecular weight is 386 g/mol. The molecule has 1 rings (SSSR count). The summed E-state index contributed by atoms with van der Waals surface area (Å²) >= 11 is 0. The number of carboxylic acids is 1. The largest absolute Gasteiger partial charge is 0.481 e. The fourth-order valence-corrected chi connectivity index (χ4v) is 2.60. The highest BCUT2D eigenvalue weighted by atomic mass is 19.4. The first-order valence-corrected chi connectivity index (χ1v) is 8.88. The number of carbonyl (C=O) groups is 2. The van der Waals surface area contributed by atoms with Crippen molar-refractivity contribution < 1.29 is 33.0 Å². The molecule has 27 heavy (non-hydrogen) atoms. The Bertz CT molecular complexity index is 615. The van der Waals surface area contributed by atoms with Crippen molar-refractivity contribution >= 4 is 11.8 Å². The van der Waals surface area contributed by atoms with Gasteiger partial charge in [0.25, 0.3) is 0 Å². The quantitative estimate of drug-likeness (QED) is 0.311. The van der Waals surface area contributed by atoms with Crippen molar-refractivity contribution in [3.05, 3.63) is 48.1 Å². The van der Waals surface area contributed by atoms with Crippen LogP contribution in [0.25, 0.3) is 0 Å². The fourth-order valence-electron chi connectivity index (χ4n) is 2.60. The normalized spacial score (nSPS) is 20.4. The maximum atomic E-state index is 12.0. The molecule has 7 heteroatoms. The van der Waals surface area contributed by atoms with Crippen LogP contribution in [0.3, 0.4) is 0 Å². The lowest BCUT2D eigenvalue weighted by molar-refractivity contribution is -0.137. The third-order valence-corrected chi connectivity index (χ3v) is 4.02. The summed E-state index contributed by atoms with van der Waals surface area (Å²) in [5.41, 5.74) is 0.573. The summed E-state index contributed by atoms with van der Waals surface area (Å²) in [6.07, 6.45) is 7.07. The Morgan fingerprint density at radius 3 is 2.59 bits per heavy atom. The number of rotatable bonds is 11. The first-order valence-electron chi connectivity index (χ1n) is 8.88. The molecule has 0 spiro atoms. The maximum Gasteiger partial charge on any atom is 0.392 e. The van der Waals surface area contributed by atoms with Gasteiger partial charge < -0.3 is 10.2 Å². The van der Waals surface area contributed by atoms with E-state index >= 15 is 0 Å². The molecule has 4 nitrogen and oxygen atoms in total. The van der Waals surface area contributed by atoms with Crippen molar-refractivity contribution in [2.75, 3.05) is 0 Å². The van der Waals surface area contributed by atoms with Crippen LogP contribution in [0, 0.1) is 5.92 Å². The lowest BCUT2D eigenvalue weighted by Crippen LogP contribution is -2.08. The molecule has 2 atom stereocenters. The molecule has 0 heterocycles. The van der Waals surface area contributed by atoms with Crippen molar-refractivity contribution in [3.63, 3.8) is 0 Å². The third-order valence-electron chi connectivity index (χ3n) is 4.02. The van der Waals surface area contributed by atoms with E-state index in [0.717, 1.165) is 6.08 Å². The van der Waals surface area contributed by atoms with Crippen molar-refractivity contribution in [2.24, 2.45) is 5.92 Å². The summed E-state index contributed by atoms with van der Waals surface area (Å²) < 4.78 is 36.1. The van der Waals surface area contributed by atoms with Crippen molar-refractivity contribution in [1.29, 1.82) is 0 Å². The van der Waals surface area contributed by atoms with Gasteiger partial charge in [0, 0.05) is 17.9 Å². The van der Waals surface area contributed by atoms with Crippen LogP contribution in [0.4, 0.5) is 13.2 Å². The number of hydrogen-bond donors (Lipinski definition) is 2. The van der Waals surface area contributed by atoms with Crippen LogP contribution in [0.2, 0.25) is 0 Å². The Morgan fingerprint density at radius 2 is 1.93 bits per heavy atom. The number of hydrogen-bond acceptors (Lipinski definition) is 3. The predicted molar refractivity (Wildman–Crippen MR) is 96.0 cm³/mol. The predicted octanol–water partition coefficient (Wildman–Crippen LogP) is 4.52. The van der Waals surface area contributed by atoms with E-state index in [2.05, 4.69) is 0 Å².